The number of aliphatic hydroxyl groups is 1. The van der Waals surface area contributed by atoms with Gasteiger partial charge in [-0.25, -0.2) is 4.79 Å². The van der Waals surface area contributed by atoms with Crippen molar-refractivity contribution in [2.45, 2.75) is 19.4 Å². The van der Waals surface area contributed by atoms with E-state index >= 15 is 0 Å². The summed E-state index contributed by atoms with van der Waals surface area (Å²) >= 11 is 0. The predicted octanol–water partition coefficient (Wildman–Crippen LogP) is -0.529. The normalized spacial score (nSPS) is 18.1. The van der Waals surface area contributed by atoms with Crippen molar-refractivity contribution in [1.82, 2.24) is 4.31 Å². The molecule has 15 heavy (non-hydrogen) atoms. The van der Waals surface area contributed by atoms with Crippen LogP contribution in [0.1, 0.15) is 13.8 Å². The van der Waals surface area contributed by atoms with E-state index in [0.29, 0.717) is 4.31 Å². The number of amides is 1. The summed E-state index contributed by atoms with van der Waals surface area (Å²) in [6.07, 6.45) is -0.953. The third-order valence-electron chi connectivity index (χ3n) is 1.55. The van der Waals surface area contributed by atoms with Gasteiger partial charge in [-0.15, -0.1) is 0 Å². The maximum absolute atomic E-state index is 11.4. The van der Waals surface area contributed by atoms with Crippen molar-refractivity contribution in [2.24, 2.45) is 0 Å². The zero-order valence-corrected chi connectivity index (χ0v) is 9.28. The Morgan fingerprint density at radius 3 is 2.60 bits per heavy atom. The quantitative estimate of drug-likeness (QED) is 0.709. The summed E-state index contributed by atoms with van der Waals surface area (Å²) in [6.45, 7) is 2.33. The highest BCUT2D eigenvalue weighted by atomic mass is 32.2. The first-order valence-corrected chi connectivity index (χ1v) is 5.65. The zero-order chi connectivity index (χ0) is 11.7. The minimum atomic E-state index is -4.14. The molecule has 0 spiro atoms. The van der Waals surface area contributed by atoms with Gasteiger partial charge >= 0.3 is 16.4 Å². The van der Waals surface area contributed by atoms with Crippen molar-refractivity contribution in [3.63, 3.8) is 0 Å². The third-order valence-corrected chi connectivity index (χ3v) is 2.84. The Bertz CT molecular complexity index is 343. The molecule has 1 fully saturated rings. The van der Waals surface area contributed by atoms with Gasteiger partial charge in [0.1, 0.15) is 6.61 Å². The SMILES string of the molecule is CC(C)(O)COS(=O)(=O)N1CCOC1=O. The maximum Gasteiger partial charge on any atom is 0.425 e. The van der Waals surface area contributed by atoms with Crippen LogP contribution < -0.4 is 0 Å². The number of hydrogen-bond acceptors (Lipinski definition) is 6. The number of ether oxygens (including phenoxy) is 1. The standard InChI is InChI=1S/C7H13NO6S/c1-7(2,10)5-14-15(11,12)8-3-4-13-6(8)9/h10H,3-5H2,1-2H3. The molecule has 1 rings (SSSR count). The van der Waals surface area contributed by atoms with Crippen LogP contribution in [-0.2, 0) is 19.2 Å². The first-order chi connectivity index (χ1) is 6.72. The number of cyclic esters (lactones) is 1. The Morgan fingerprint density at radius 1 is 1.60 bits per heavy atom. The molecular formula is C7H13NO6S. The van der Waals surface area contributed by atoms with Gasteiger partial charge in [-0.3, -0.25) is 4.18 Å². The second-order valence-corrected chi connectivity index (χ2v) is 5.25. The fourth-order valence-corrected chi connectivity index (χ4v) is 1.96. The van der Waals surface area contributed by atoms with Crippen molar-refractivity contribution < 1.29 is 27.2 Å². The first-order valence-electron chi connectivity index (χ1n) is 4.29. The van der Waals surface area contributed by atoms with Crippen LogP contribution in [0.25, 0.3) is 0 Å². The van der Waals surface area contributed by atoms with Gasteiger partial charge in [-0.05, 0) is 13.8 Å². The largest absolute Gasteiger partial charge is 0.447 e. The van der Waals surface area contributed by atoms with Crippen LogP contribution >= 0.6 is 0 Å². The van der Waals surface area contributed by atoms with E-state index < -0.39 is 28.6 Å². The Morgan fingerprint density at radius 2 is 2.20 bits per heavy atom. The van der Waals surface area contributed by atoms with Gasteiger partial charge in [-0.1, -0.05) is 0 Å². The van der Waals surface area contributed by atoms with Crippen molar-refractivity contribution in [1.29, 1.82) is 0 Å². The van der Waals surface area contributed by atoms with Crippen LogP contribution in [0.3, 0.4) is 0 Å². The molecule has 1 aliphatic heterocycles. The molecular weight excluding hydrogens is 226 g/mol. The van der Waals surface area contributed by atoms with Crippen LogP contribution in [0.5, 0.6) is 0 Å². The molecule has 1 aliphatic rings. The Balaban J connectivity index is 2.63. The van der Waals surface area contributed by atoms with Crippen LogP contribution in [-0.4, -0.2) is 49.3 Å². The lowest BCUT2D eigenvalue weighted by Crippen LogP contribution is -2.37. The minimum Gasteiger partial charge on any atom is -0.447 e. The number of carbonyl (C=O) groups excluding carboxylic acids is 1. The average molecular weight is 239 g/mol. The van der Waals surface area contributed by atoms with Gasteiger partial charge in [0, 0.05) is 0 Å². The highest BCUT2D eigenvalue weighted by molar-refractivity contribution is 7.84. The van der Waals surface area contributed by atoms with E-state index in [4.69, 9.17) is 0 Å². The second-order valence-electron chi connectivity index (χ2n) is 3.72. The third kappa shape index (κ3) is 3.33. The summed E-state index contributed by atoms with van der Waals surface area (Å²) in [5.41, 5.74) is -1.28. The zero-order valence-electron chi connectivity index (χ0n) is 8.47. The molecule has 0 aromatic heterocycles. The molecule has 1 amide bonds. The van der Waals surface area contributed by atoms with Gasteiger partial charge in [0.25, 0.3) is 0 Å². The van der Waals surface area contributed by atoms with E-state index in [0.717, 1.165) is 0 Å². The van der Waals surface area contributed by atoms with Crippen LogP contribution in [0.2, 0.25) is 0 Å². The topological polar surface area (TPSA) is 93.1 Å². The lowest BCUT2D eigenvalue weighted by molar-refractivity contribution is 0.0283. The van der Waals surface area contributed by atoms with Gasteiger partial charge in [0.15, 0.2) is 0 Å². The van der Waals surface area contributed by atoms with E-state index in [-0.39, 0.29) is 13.2 Å². The summed E-state index contributed by atoms with van der Waals surface area (Å²) in [5.74, 6) is 0. The number of rotatable bonds is 4. The summed E-state index contributed by atoms with van der Waals surface area (Å²) in [6, 6.07) is 0. The highest BCUT2D eigenvalue weighted by Crippen LogP contribution is 2.13. The van der Waals surface area contributed by atoms with Gasteiger partial charge in [0.2, 0.25) is 0 Å². The lowest BCUT2D eigenvalue weighted by atomic mass is 10.2. The van der Waals surface area contributed by atoms with Gasteiger partial charge < -0.3 is 9.84 Å². The monoisotopic (exact) mass is 239 g/mol. The summed E-state index contributed by atoms with van der Waals surface area (Å²) in [5, 5.41) is 9.27. The Kier molecular flexibility index (Phi) is 3.22. The maximum atomic E-state index is 11.4. The molecule has 0 unspecified atom stereocenters. The Hall–Kier alpha value is -0.860. The van der Waals surface area contributed by atoms with E-state index in [2.05, 4.69) is 8.92 Å². The fraction of sp³-hybridized carbons (Fsp3) is 0.857. The second kappa shape index (κ2) is 3.95. The van der Waals surface area contributed by atoms with E-state index in [1.807, 2.05) is 0 Å². The van der Waals surface area contributed by atoms with E-state index in [9.17, 15) is 18.3 Å². The molecule has 0 atom stereocenters. The minimum absolute atomic E-state index is 0.0178. The fourth-order valence-electron chi connectivity index (χ4n) is 0.865. The number of nitrogens with zero attached hydrogens (tertiary/aromatic N) is 1. The summed E-state index contributed by atoms with van der Waals surface area (Å²) in [4.78, 5) is 10.9. The van der Waals surface area contributed by atoms with Crippen LogP contribution in [0.15, 0.2) is 0 Å². The molecule has 8 heteroatoms. The lowest BCUT2D eigenvalue weighted by Gasteiger charge is -2.19. The summed E-state index contributed by atoms with van der Waals surface area (Å²) < 4.78 is 32.2. The molecule has 0 saturated carbocycles. The molecule has 0 bridgehead atoms. The van der Waals surface area contributed by atoms with Gasteiger partial charge in [0.05, 0.1) is 18.8 Å². The van der Waals surface area contributed by atoms with E-state index in [1.165, 1.54) is 13.8 Å². The first kappa shape index (κ1) is 12.2. The molecule has 0 aromatic rings. The highest BCUT2D eigenvalue weighted by Gasteiger charge is 2.35. The molecule has 88 valence electrons. The molecule has 0 aliphatic carbocycles. The van der Waals surface area contributed by atoms with Crippen LogP contribution in [0.4, 0.5) is 4.79 Å². The molecule has 0 radical (unpaired) electrons. The molecule has 7 nitrogen and oxygen atoms in total. The van der Waals surface area contributed by atoms with Crippen molar-refractivity contribution in [2.75, 3.05) is 19.8 Å². The number of hydrogen-bond donors (Lipinski definition) is 1. The number of carbonyl (C=O) groups is 1. The van der Waals surface area contributed by atoms with Crippen molar-refractivity contribution in [3.05, 3.63) is 0 Å². The van der Waals surface area contributed by atoms with Crippen LogP contribution in [0, 0.1) is 0 Å². The van der Waals surface area contributed by atoms with E-state index in [1.54, 1.807) is 0 Å². The van der Waals surface area contributed by atoms with Gasteiger partial charge in [-0.2, -0.15) is 12.7 Å². The molecule has 1 heterocycles. The average Bonchev–Trinajstić information content (AvgIpc) is 2.47. The summed E-state index contributed by atoms with van der Waals surface area (Å²) in [7, 11) is -4.14. The van der Waals surface area contributed by atoms with Crippen molar-refractivity contribution in [3.8, 4) is 0 Å². The van der Waals surface area contributed by atoms with Crippen molar-refractivity contribution >= 4 is 16.4 Å². The smallest absolute Gasteiger partial charge is 0.425 e. The molecule has 1 saturated heterocycles. The Labute approximate surface area is 87.8 Å². The molecule has 1 N–H and O–H groups in total. The predicted molar refractivity (Wildman–Crippen MR) is 49.2 cm³/mol. The molecule has 0 aromatic carbocycles.